The molecule has 0 fully saturated rings. The third-order valence-corrected chi connectivity index (χ3v) is 2.32. The number of rotatable bonds is 4. The molecule has 0 aliphatic heterocycles. The largest absolute Gasteiger partial charge is 0.291 e. The van der Waals surface area contributed by atoms with Crippen LogP contribution in [0.4, 0.5) is 0 Å². The summed E-state index contributed by atoms with van der Waals surface area (Å²) in [5.74, 6) is -0.347. The molecule has 15 heavy (non-hydrogen) atoms. The van der Waals surface area contributed by atoms with Crippen molar-refractivity contribution in [3.63, 3.8) is 0 Å². The summed E-state index contributed by atoms with van der Waals surface area (Å²) < 4.78 is 25.7. The fourth-order valence-electron chi connectivity index (χ4n) is 0.983. The summed E-state index contributed by atoms with van der Waals surface area (Å²) in [7, 11) is -3.56. The third kappa shape index (κ3) is 4.22. The van der Waals surface area contributed by atoms with Crippen molar-refractivity contribution in [3.8, 4) is 0 Å². The lowest BCUT2D eigenvalue weighted by atomic mass is 10.1. The van der Waals surface area contributed by atoms with Gasteiger partial charge in [-0.3, -0.25) is 8.98 Å². The summed E-state index contributed by atoms with van der Waals surface area (Å²) in [4.78, 5) is 11.4. The summed E-state index contributed by atoms with van der Waals surface area (Å²) in [6, 6.07) is 6.86. The van der Waals surface area contributed by atoms with Crippen molar-refractivity contribution in [2.45, 2.75) is 6.92 Å². The molecule has 5 heteroatoms. The predicted molar refractivity (Wildman–Crippen MR) is 56.3 cm³/mol. The fourth-order valence-corrected chi connectivity index (χ4v) is 1.30. The fraction of sp³-hybridized carbons (Fsp3) is 0.300. The average Bonchev–Trinajstić information content (AvgIpc) is 2.14. The van der Waals surface area contributed by atoms with Crippen LogP contribution in [0.2, 0.25) is 0 Å². The number of benzene rings is 1. The first-order valence-corrected chi connectivity index (χ1v) is 6.14. The molecule has 0 N–H and O–H groups in total. The maximum atomic E-state index is 11.4. The minimum atomic E-state index is -3.56. The smallest absolute Gasteiger partial charge is 0.264 e. The number of aryl methyl sites for hydroxylation is 1. The summed E-state index contributed by atoms with van der Waals surface area (Å²) in [5.41, 5.74) is 1.49. The molecule has 0 aliphatic rings. The van der Waals surface area contributed by atoms with E-state index in [9.17, 15) is 13.2 Å². The lowest BCUT2D eigenvalue weighted by Crippen LogP contribution is -2.13. The molecular weight excluding hydrogens is 216 g/mol. The molecule has 82 valence electrons. The molecule has 0 spiro atoms. The maximum Gasteiger partial charge on any atom is 0.264 e. The Morgan fingerprint density at radius 1 is 1.27 bits per heavy atom. The Bertz CT molecular complexity index is 445. The van der Waals surface area contributed by atoms with Gasteiger partial charge in [-0.05, 0) is 6.92 Å². The first kappa shape index (κ1) is 11.9. The molecule has 0 amide bonds. The van der Waals surface area contributed by atoms with Crippen LogP contribution in [0.5, 0.6) is 0 Å². The highest BCUT2D eigenvalue weighted by Crippen LogP contribution is 2.04. The van der Waals surface area contributed by atoms with Crippen LogP contribution in [0, 0.1) is 6.92 Å². The third-order valence-electron chi connectivity index (χ3n) is 1.78. The van der Waals surface area contributed by atoms with E-state index in [1.807, 2.05) is 6.92 Å². The van der Waals surface area contributed by atoms with Gasteiger partial charge in [0.15, 0.2) is 5.78 Å². The van der Waals surface area contributed by atoms with E-state index in [0.29, 0.717) is 5.56 Å². The zero-order valence-corrected chi connectivity index (χ0v) is 9.37. The van der Waals surface area contributed by atoms with Gasteiger partial charge in [0.2, 0.25) is 0 Å². The second-order valence-corrected chi connectivity index (χ2v) is 4.90. The predicted octanol–water partition coefficient (Wildman–Crippen LogP) is 1.15. The van der Waals surface area contributed by atoms with Crippen LogP contribution in [0.1, 0.15) is 15.9 Å². The molecule has 1 aromatic carbocycles. The molecule has 0 radical (unpaired) electrons. The van der Waals surface area contributed by atoms with Crippen molar-refractivity contribution >= 4 is 15.9 Å². The van der Waals surface area contributed by atoms with Gasteiger partial charge in [0.05, 0.1) is 6.26 Å². The molecule has 0 bridgehead atoms. The van der Waals surface area contributed by atoms with Crippen molar-refractivity contribution in [3.05, 3.63) is 35.4 Å². The highest BCUT2D eigenvalue weighted by Gasteiger charge is 2.09. The average molecular weight is 228 g/mol. The molecule has 0 atom stereocenters. The summed E-state index contributed by atoms with van der Waals surface area (Å²) in [6.07, 6.45) is 0.912. The Morgan fingerprint density at radius 2 is 1.80 bits per heavy atom. The highest BCUT2D eigenvalue weighted by atomic mass is 32.2. The van der Waals surface area contributed by atoms with E-state index < -0.39 is 16.7 Å². The van der Waals surface area contributed by atoms with E-state index in [0.717, 1.165) is 11.8 Å². The van der Waals surface area contributed by atoms with Crippen molar-refractivity contribution in [2.75, 3.05) is 12.9 Å². The lowest BCUT2D eigenvalue weighted by Gasteiger charge is -2.01. The Balaban J connectivity index is 2.66. The summed E-state index contributed by atoms with van der Waals surface area (Å²) in [6.45, 7) is 1.46. The van der Waals surface area contributed by atoms with Crippen molar-refractivity contribution in [2.24, 2.45) is 0 Å². The minimum Gasteiger partial charge on any atom is -0.291 e. The van der Waals surface area contributed by atoms with Crippen LogP contribution in [-0.4, -0.2) is 27.1 Å². The van der Waals surface area contributed by atoms with E-state index in [4.69, 9.17) is 0 Å². The zero-order valence-electron chi connectivity index (χ0n) is 8.56. The van der Waals surface area contributed by atoms with Gasteiger partial charge in [-0.1, -0.05) is 29.8 Å². The zero-order chi connectivity index (χ0) is 11.5. The van der Waals surface area contributed by atoms with Gasteiger partial charge in [0, 0.05) is 5.56 Å². The second-order valence-electron chi connectivity index (χ2n) is 3.26. The van der Waals surface area contributed by atoms with E-state index in [2.05, 4.69) is 4.18 Å². The molecule has 4 nitrogen and oxygen atoms in total. The Labute approximate surface area is 89.0 Å². The van der Waals surface area contributed by atoms with E-state index in [-0.39, 0.29) is 5.78 Å². The quantitative estimate of drug-likeness (QED) is 0.573. The van der Waals surface area contributed by atoms with Crippen LogP contribution >= 0.6 is 0 Å². The standard InChI is InChI=1S/C10H12O4S/c1-8-3-5-9(6-4-8)10(11)7-14-15(2,12)13/h3-6H,7H2,1-2H3. The topological polar surface area (TPSA) is 60.4 Å². The number of ketones is 1. The maximum absolute atomic E-state index is 11.4. The monoisotopic (exact) mass is 228 g/mol. The van der Waals surface area contributed by atoms with Crippen LogP contribution in [0.15, 0.2) is 24.3 Å². The number of hydrogen-bond donors (Lipinski definition) is 0. The molecule has 0 saturated carbocycles. The second kappa shape index (κ2) is 4.55. The van der Waals surface area contributed by atoms with Crippen LogP contribution in [0.3, 0.4) is 0 Å². The van der Waals surface area contributed by atoms with Crippen LogP contribution in [-0.2, 0) is 14.3 Å². The van der Waals surface area contributed by atoms with Crippen molar-refractivity contribution in [1.29, 1.82) is 0 Å². The van der Waals surface area contributed by atoms with Gasteiger partial charge < -0.3 is 0 Å². The molecular formula is C10H12O4S. The Kier molecular flexibility index (Phi) is 3.60. The van der Waals surface area contributed by atoms with Crippen LogP contribution < -0.4 is 0 Å². The Morgan fingerprint density at radius 3 is 2.27 bits per heavy atom. The first-order valence-electron chi connectivity index (χ1n) is 4.33. The van der Waals surface area contributed by atoms with Gasteiger partial charge in [0.1, 0.15) is 6.61 Å². The number of hydrogen-bond acceptors (Lipinski definition) is 4. The highest BCUT2D eigenvalue weighted by molar-refractivity contribution is 7.86. The summed E-state index contributed by atoms with van der Waals surface area (Å²) >= 11 is 0. The molecule has 0 aliphatic carbocycles. The molecule has 0 heterocycles. The number of carbonyl (C=O) groups is 1. The van der Waals surface area contributed by atoms with Crippen molar-refractivity contribution in [1.82, 2.24) is 0 Å². The molecule has 1 aromatic rings. The minimum absolute atomic E-state index is 0.347. The molecule has 0 saturated heterocycles. The van der Waals surface area contributed by atoms with Gasteiger partial charge in [-0.2, -0.15) is 8.42 Å². The van der Waals surface area contributed by atoms with E-state index in [1.54, 1.807) is 24.3 Å². The van der Waals surface area contributed by atoms with Gasteiger partial charge >= 0.3 is 0 Å². The first-order chi connectivity index (χ1) is 6.88. The molecule has 1 rings (SSSR count). The molecule has 0 unspecified atom stereocenters. The van der Waals surface area contributed by atoms with E-state index in [1.165, 1.54) is 0 Å². The number of Topliss-reactive ketones (excluding diaryl/α,β-unsaturated/α-hetero) is 1. The Hall–Kier alpha value is -1.20. The normalized spacial score (nSPS) is 11.3. The van der Waals surface area contributed by atoms with Gasteiger partial charge in [-0.15, -0.1) is 0 Å². The number of carbonyl (C=O) groups excluding carboxylic acids is 1. The van der Waals surface area contributed by atoms with Gasteiger partial charge in [0.25, 0.3) is 10.1 Å². The van der Waals surface area contributed by atoms with Crippen LogP contribution in [0.25, 0.3) is 0 Å². The summed E-state index contributed by atoms with van der Waals surface area (Å²) in [5, 5.41) is 0. The molecule has 0 aromatic heterocycles. The van der Waals surface area contributed by atoms with Crippen molar-refractivity contribution < 1.29 is 17.4 Å². The van der Waals surface area contributed by atoms with Gasteiger partial charge in [-0.25, -0.2) is 0 Å². The lowest BCUT2D eigenvalue weighted by molar-refractivity contribution is 0.0925. The van der Waals surface area contributed by atoms with E-state index >= 15 is 0 Å². The SMILES string of the molecule is Cc1ccc(C(=O)COS(C)(=O)=O)cc1.